The average molecular weight is 333 g/mol. The molecule has 1 N–H and O–H groups in total. The van der Waals surface area contributed by atoms with E-state index in [9.17, 15) is 5.11 Å². The maximum atomic E-state index is 10.4. The zero-order chi connectivity index (χ0) is 15.2. The number of aliphatic hydroxyl groups is 1. The highest BCUT2D eigenvalue weighted by Crippen LogP contribution is 2.27. The number of aliphatic hydroxyl groups excluding tert-OH is 1. The van der Waals surface area contributed by atoms with Crippen molar-refractivity contribution in [3.8, 4) is 0 Å². The lowest BCUT2D eigenvalue weighted by Gasteiger charge is -2.35. The number of ether oxygens (including phenoxy) is 1. The first kappa shape index (κ1) is 17.0. The Labute approximate surface area is 136 Å². The van der Waals surface area contributed by atoms with Gasteiger partial charge in [-0.25, -0.2) is 0 Å². The first-order chi connectivity index (χ1) is 10.1. The van der Waals surface area contributed by atoms with Crippen molar-refractivity contribution < 1.29 is 9.84 Å². The van der Waals surface area contributed by atoms with Crippen LogP contribution in [0.1, 0.15) is 11.7 Å². The Balaban J connectivity index is 1.84. The molecule has 1 aromatic rings. The van der Waals surface area contributed by atoms with Crippen molar-refractivity contribution >= 4 is 23.2 Å². The van der Waals surface area contributed by atoms with Gasteiger partial charge in [-0.15, -0.1) is 0 Å². The summed E-state index contributed by atoms with van der Waals surface area (Å²) < 4.78 is 5.10. The van der Waals surface area contributed by atoms with Crippen LogP contribution in [0.4, 0.5) is 0 Å². The van der Waals surface area contributed by atoms with Gasteiger partial charge in [-0.05, 0) is 18.2 Å². The molecule has 1 atom stereocenters. The van der Waals surface area contributed by atoms with Crippen LogP contribution in [0.2, 0.25) is 10.0 Å². The Morgan fingerprint density at radius 2 is 1.86 bits per heavy atom. The molecular weight excluding hydrogens is 311 g/mol. The Kier molecular flexibility index (Phi) is 6.74. The lowest BCUT2D eigenvalue weighted by molar-refractivity contribution is 0.0612. The van der Waals surface area contributed by atoms with Crippen LogP contribution in [0.3, 0.4) is 0 Å². The van der Waals surface area contributed by atoms with Gasteiger partial charge in [0, 0.05) is 62.0 Å². The van der Waals surface area contributed by atoms with Gasteiger partial charge in [0.15, 0.2) is 0 Å². The second-order valence-corrected chi connectivity index (χ2v) is 6.16. The first-order valence-electron chi connectivity index (χ1n) is 7.17. The molecule has 6 heteroatoms. The van der Waals surface area contributed by atoms with Crippen LogP contribution >= 0.6 is 23.2 Å². The fourth-order valence-corrected chi connectivity index (χ4v) is 2.95. The predicted molar refractivity (Wildman–Crippen MR) is 86.2 cm³/mol. The van der Waals surface area contributed by atoms with Crippen molar-refractivity contribution in [3.63, 3.8) is 0 Å². The summed E-state index contributed by atoms with van der Waals surface area (Å²) in [6.07, 6.45) is -0.610. The van der Waals surface area contributed by atoms with Gasteiger partial charge >= 0.3 is 0 Å². The van der Waals surface area contributed by atoms with Crippen molar-refractivity contribution in [1.82, 2.24) is 9.80 Å². The standard InChI is InChI=1S/C15H22Cl2N2O2/c1-21-9-8-18-4-6-19(7-5-18)11-15(20)13-10-12(16)2-3-14(13)17/h2-3,10,15,20H,4-9,11H2,1H3/t15-/m0/s1. The summed E-state index contributed by atoms with van der Waals surface area (Å²) in [5.74, 6) is 0. The number of piperazine rings is 1. The third kappa shape index (κ3) is 5.09. The molecule has 1 aromatic carbocycles. The van der Waals surface area contributed by atoms with Crippen LogP contribution in [-0.2, 0) is 4.74 Å². The lowest BCUT2D eigenvalue weighted by atomic mass is 10.1. The Morgan fingerprint density at radius 3 is 2.52 bits per heavy atom. The number of benzene rings is 1. The molecule has 1 heterocycles. The highest BCUT2D eigenvalue weighted by Gasteiger charge is 2.21. The summed E-state index contributed by atoms with van der Waals surface area (Å²) in [6, 6.07) is 5.20. The van der Waals surface area contributed by atoms with Gasteiger partial charge in [-0.1, -0.05) is 23.2 Å². The summed E-state index contributed by atoms with van der Waals surface area (Å²) in [5.41, 5.74) is 0.700. The van der Waals surface area contributed by atoms with E-state index in [2.05, 4.69) is 9.80 Å². The van der Waals surface area contributed by atoms with E-state index < -0.39 is 6.10 Å². The first-order valence-corrected chi connectivity index (χ1v) is 7.92. The van der Waals surface area contributed by atoms with Gasteiger partial charge in [0.1, 0.15) is 0 Å². The predicted octanol–water partition coefficient (Wildman–Crippen LogP) is 2.29. The number of nitrogens with zero attached hydrogens (tertiary/aromatic N) is 2. The van der Waals surface area contributed by atoms with Gasteiger partial charge in [0.05, 0.1) is 12.7 Å². The number of hydrogen-bond acceptors (Lipinski definition) is 4. The van der Waals surface area contributed by atoms with Crippen LogP contribution in [-0.4, -0.2) is 67.9 Å². The van der Waals surface area contributed by atoms with Crippen molar-refractivity contribution in [3.05, 3.63) is 33.8 Å². The molecule has 0 saturated carbocycles. The smallest absolute Gasteiger partial charge is 0.0931 e. The number of methoxy groups -OCH3 is 1. The normalized spacial score (nSPS) is 18.9. The van der Waals surface area contributed by atoms with E-state index in [4.69, 9.17) is 27.9 Å². The fourth-order valence-electron chi connectivity index (χ4n) is 2.53. The third-order valence-corrected chi connectivity index (χ3v) is 4.40. The molecule has 1 aliphatic rings. The second-order valence-electron chi connectivity index (χ2n) is 5.32. The molecule has 0 unspecified atom stereocenters. The van der Waals surface area contributed by atoms with E-state index in [0.717, 1.165) is 39.3 Å². The Hall–Kier alpha value is -0.360. The van der Waals surface area contributed by atoms with Crippen molar-refractivity contribution in [2.24, 2.45) is 0 Å². The highest BCUT2D eigenvalue weighted by atomic mass is 35.5. The number of halogens is 2. The Bertz CT molecular complexity index is 451. The molecule has 1 fully saturated rings. The number of hydrogen-bond donors (Lipinski definition) is 1. The zero-order valence-corrected chi connectivity index (χ0v) is 13.8. The summed E-state index contributed by atoms with van der Waals surface area (Å²) in [4.78, 5) is 4.63. The molecule has 0 amide bonds. The molecule has 0 bridgehead atoms. The van der Waals surface area contributed by atoms with Crippen LogP contribution in [0.15, 0.2) is 18.2 Å². The van der Waals surface area contributed by atoms with E-state index >= 15 is 0 Å². The van der Waals surface area contributed by atoms with Crippen LogP contribution in [0.5, 0.6) is 0 Å². The van der Waals surface area contributed by atoms with Gasteiger partial charge in [-0.3, -0.25) is 9.80 Å². The Morgan fingerprint density at radius 1 is 1.19 bits per heavy atom. The summed E-state index contributed by atoms with van der Waals surface area (Å²) in [6.45, 7) is 6.20. The van der Waals surface area contributed by atoms with Crippen molar-refractivity contribution in [2.45, 2.75) is 6.10 Å². The molecule has 0 aromatic heterocycles. The summed E-state index contributed by atoms with van der Waals surface area (Å²) in [5, 5.41) is 11.5. The largest absolute Gasteiger partial charge is 0.387 e. The highest BCUT2D eigenvalue weighted by molar-refractivity contribution is 6.33. The minimum atomic E-state index is -0.610. The number of rotatable bonds is 6. The molecule has 0 aliphatic carbocycles. The van der Waals surface area contributed by atoms with Crippen LogP contribution < -0.4 is 0 Å². The molecule has 4 nitrogen and oxygen atoms in total. The second kappa shape index (κ2) is 8.32. The van der Waals surface area contributed by atoms with E-state index in [-0.39, 0.29) is 0 Å². The van der Waals surface area contributed by atoms with E-state index in [1.807, 2.05) is 0 Å². The average Bonchev–Trinajstić information content (AvgIpc) is 2.49. The van der Waals surface area contributed by atoms with Gasteiger partial charge in [-0.2, -0.15) is 0 Å². The van der Waals surface area contributed by atoms with Gasteiger partial charge in [0.25, 0.3) is 0 Å². The molecule has 0 radical (unpaired) electrons. The van der Waals surface area contributed by atoms with E-state index in [1.165, 1.54) is 0 Å². The third-order valence-electron chi connectivity index (χ3n) is 3.82. The van der Waals surface area contributed by atoms with Crippen molar-refractivity contribution in [2.75, 3.05) is 53.0 Å². The zero-order valence-electron chi connectivity index (χ0n) is 12.3. The summed E-state index contributed by atoms with van der Waals surface area (Å²) >= 11 is 12.1. The molecule has 118 valence electrons. The molecule has 0 spiro atoms. The van der Waals surface area contributed by atoms with Crippen LogP contribution in [0, 0.1) is 0 Å². The molecule has 1 aliphatic heterocycles. The molecule has 1 saturated heterocycles. The molecular formula is C15H22Cl2N2O2. The number of β-amino-alcohol motifs (C(OH)–C–C–N with tert-alkyl or cyclic N) is 1. The van der Waals surface area contributed by atoms with Gasteiger partial charge in [0.2, 0.25) is 0 Å². The molecule has 21 heavy (non-hydrogen) atoms. The van der Waals surface area contributed by atoms with Gasteiger partial charge < -0.3 is 9.84 Å². The van der Waals surface area contributed by atoms with Crippen LogP contribution in [0.25, 0.3) is 0 Å². The molecule has 2 rings (SSSR count). The minimum Gasteiger partial charge on any atom is -0.387 e. The topological polar surface area (TPSA) is 35.9 Å². The quantitative estimate of drug-likeness (QED) is 0.867. The maximum Gasteiger partial charge on any atom is 0.0931 e. The SMILES string of the molecule is COCCN1CCN(C[C@H](O)c2cc(Cl)ccc2Cl)CC1. The lowest BCUT2D eigenvalue weighted by Crippen LogP contribution is -2.48. The van der Waals surface area contributed by atoms with E-state index in [1.54, 1.807) is 25.3 Å². The monoisotopic (exact) mass is 332 g/mol. The maximum absolute atomic E-state index is 10.4. The summed E-state index contributed by atoms with van der Waals surface area (Å²) in [7, 11) is 1.72. The fraction of sp³-hybridized carbons (Fsp3) is 0.600. The minimum absolute atomic E-state index is 0.561. The van der Waals surface area contributed by atoms with Crippen molar-refractivity contribution in [1.29, 1.82) is 0 Å². The van der Waals surface area contributed by atoms with E-state index in [0.29, 0.717) is 22.2 Å².